The average molecular weight is 194 g/mol. The molecule has 0 radical (unpaired) electrons. The zero-order valence-corrected chi connectivity index (χ0v) is 9.21. The molecule has 1 saturated carbocycles. The topological polar surface area (TPSA) is 44.1 Å². The number of carbonyl (C=O) groups is 1. The third kappa shape index (κ3) is 1.89. The molecule has 1 amide bonds. The van der Waals surface area contributed by atoms with Crippen molar-refractivity contribution in [1.29, 1.82) is 5.26 Å². The van der Waals surface area contributed by atoms with Gasteiger partial charge in [-0.3, -0.25) is 4.79 Å². The lowest BCUT2D eigenvalue weighted by molar-refractivity contribution is -0.140. The van der Waals surface area contributed by atoms with E-state index in [4.69, 9.17) is 5.26 Å². The van der Waals surface area contributed by atoms with Crippen LogP contribution in [-0.2, 0) is 4.79 Å². The third-order valence-corrected chi connectivity index (χ3v) is 3.31. The Morgan fingerprint density at radius 1 is 1.50 bits per heavy atom. The monoisotopic (exact) mass is 194 g/mol. The Hall–Kier alpha value is -1.04. The van der Waals surface area contributed by atoms with E-state index in [0.717, 1.165) is 25.7 Å². The number of rotatable bonds is 2. The first kappa shape index (κ1) is 11.0. The van der Waals surface area contributed by atoms with Gasteiger partial charge in [-0.2, -0.15) is 5.26 Å². The normalized spacial score (nSPS) is 21.3. The minimum absolute atomic E-state index is 0.129. The molecule has 0 bridgehead atoms. The smallest absolute Gasteiger partial charge is 0.229 e. The van der Waals surface area contributed by atoms with Crippen molar-refractivity contribution in [3.05, 3.63) is 0 Å². The van der Waals surface area contributed by atoms with Crippen molar-refractivity contribution in [1.82, 2.24) is 4.90 Å². The van der Waals surface area contributed by atoms with Gasteiger partial charge in [-0.25, -0.2) is 0 Å². The lowest BCUT2D eigenvalue weighted by atomic mass is 9.87. The van der Waals surface area contributed by atoms with Gasteiger partial charge in [0, 0.05) is 12.5 Å². The fraction of sp³-hybridized carbons (Fsp3) is 0.818. The second-order valence-corrected chi connectivity index (χ2v) is 4.49. The fourth-order valence-corrected chi connectivity index (χ4v) is 2.06. The molecule has 0 spiro atoms. The Morgan fingerprint density at radius 3 is 2.43 bits per heavy atom. The summed E-state index contributed by atoms with van der Waals surface area (Å²) in [5.41, 5.74) is -0.208. The summed E-state index contributed by atoms with van der Waals surface area (Å²) in [6, 6.07) is 1.77. The fourth-order valence-electron chi connectivity index (χ4n) is 2.06. The van der Waals surface area contributed by atoms with Crippen molar-refractivity contribution in [3.63, 3.8) is 0 Å². The SMILES string of the molecule is CC(C#N)N(C)C(=O)C1(C)CCCC1. The summed E-state index contributed by atoms with van der Waals surface area (Å²) in [4.78, 5) is 13.6. The molecule has 0 saturated heterocycles. The first-order valence-electron chi connectivity index (χ1n) is 5.18. The Balaban J connectivity index is 2.70. The summed E-state index contributed by atoms with van der Waals surface area (Å²) in [6.07, 6.45) is 4.21. The minimum Gasteiger partial charge on any atom is -0.330 e. The van der Waals surface area contributed by atoms with Crippen molar-refractivity contribution in [3.8, 4) is 6.07 Å². The van der Waals surface area contributed by atoms with E-state index < -0.39 is 0 Å². The van der Waals surface area contributed by atoms with Gasteiger partial charge in [0.15, 0.2) is 0 Å². The summed E-state index contributed by atoms with van der Waals surface area (Å²) in [6.45, 7) is 3.78. The van der Waals surface area contributed by atoms with Crippen LogP contribution in [0.3, 0.4) is 0 Å². The molecule has 3 heteroatoms. The predicted molar refractivity (Wildman–Crippen MR) is 54.4 cm³/mol. The lowest BCUT2D eigenvalue weighted by Crippen LogP contribution is -2.42. The molecule has 1 atom stereocenters. The number of amides is 1. The van der Waals surface area contributed by atoms with Gasteiger partial charge in [-0.1, -0.05) is 19.8 Å². The van der Waals surface area contributed by atoms with Crippen LogP contribution in [0, 0.1) is 16.7 Å². The average Bonchev–Trinajstić information content (AvgIpc) is 2.63. The second-order valence-electron chi connectivity index (χ2n) is 4.49. The van der Waals surface area contributed by atoms with Crippen LogP contribution < -0.4 is 0 Å². The van der Waals surface area contributed by atoms with E-state index in [1.165, 1.54) is 0 Å². The molecule has 1 aliphatic rings. The van der Waals surface area contributed by atoms with Crippen LogP contribution in [0.25, 0.3) is 0 Å². The summed E-state index contributed by atoms with van der Waals surface area (Å²) in [7, 11) is 1.72. The van der Waals surface area contributed by atoms with Gasteiger partial charge in [0.05, 0.1) is 6.07 Å². The molecule has 1 aliphatic carbocycles. The van der Waals surface area contributed by atoms with E-state index in [1.807, 2.05) is 6.92 Å². The number of nitrogens with zero attached hydrogens (tertiary/aromatic N) is 2. The van der Waals surface area contributed by atoms with E-state index in [2.05, 4.69) is 6.07 Å². The number of carbonyl (C=O) groups excluding carboxylic acids is 1. The van der Waals surface area contributed by atoms with Gasteiger partial charge in [0.2, 0.25) is 5.91 Å². The summed E-state index contributed by atoms with van der Waals surface area (Å²) >= 11 is 0. The molecule has 0 aromatic carbocycles. The predicted octanol–water partition coefficient (Wildman–Crippen LogP) is 1.94. The minimum atomic E-state index is -0.320. The van der Waals surface area contributed by atoms with Crippen LogP contribution >= 0.6 is 0 Å². The molecule has 0 aromatic rings. The molecule has 0 heterocycles. The highest BCUT2D eigenvalue weighted by molar-refractivity contribution is 5.82. The molecular weight excluding hydrogens is 176 g/mol. The van der Waals surface area contributed by atoms with Crippen molar-refractivity contribution in [2.75, 3.05) is 7.05 Å². The van der Waals surface area contributed by atoms with Crippen LogP contribution in [0.2, 0.25) is 0 Å². The maximum Gasteiger partial charge on any atom is 0.229 e. The summed E-state index contributed by atoms with van der Waals surface area (Å²) in [5.74, 6) is 0.129. The highest BCUT2D eigenvalue weighted by Crippen LogP contribution is 2.39. The number of hydrogen-bond acceptors (Lipinski definition) is 2. The van der Waals surface area contributed by atoms with Crippen LogP contribution in [0.4, 0.5) is 0 Å². The van der Waals surface area contributed by atoms with E-state index in [9.17, 15) is 4.79 Å². The van der Waals surface area contributed by atoms with Crippen LogP contribution in [-0.4, -0.2) is 23.9 Å². The molecule has 1 rings (SSSR count). The van der Waals surface area contributed by atoms with Crippen molar-refractivity contribution in [2.45, 2.75) is 45.6 Å². The molecule has 3 nitrogen and oxygen atoms in total. The van der Waals surface area contributed by atoms with Gasteiger partial charge < -0.3 is 4.90 Å². The van der Waals surface area contributed by atoms with Crippen LogP contribution in [0.5, 0.6) is 0 Å². The van der Waals surface area contributed by atoms with Crippen molar-refractivity contribution in [2.24, 2.45) is 5.41 Å². The van der Waals surface area contributed by atoms with Gasteiger partial charge in [0.1, 0.15) is 6.04 Å². The first-order valence-corrected chi connectivity index (χ1v) is 5.18. The zero-order valence-electron chi connectivity index (χ0n) is 9.21. The highest BCUT2D eigenvalue weighted by atomic mass is 16.2. The summed E-state index contributed by atoms with van der Waals surface area (Å²) < 4.78 is 0. The molecule has 0 aliphatic heterocycles. The number of nitriles is 1. The summed E-state index contributed by atoms with van der Waals surface area (Å²) in [5, 5.41) is 8.74. The lowest BCUT2D eigenvalue weighted by Gasteiger charge is -2.30. The maximum absolute atomic E-state index is 12.0. The molecule has 1 fully saturated rings. The second kappa shape index (κ2) is 4.00. The Kier molecular flexibility index (Phi) is 3.15. The van der Waals surface area contributed by atoms with Gasteiger partial charge in [-0.15, -0.1) is 0 Å². The standard InChI is InChI=1S/C11H18N2O/c1-9(8-12)13(3)10(14)11(2)6-4-5-7-11/h9H,4-7H2,1-3H3. The van der Waals surface area contributed by atoms with E-state index >= 15 is 0 Å². The van der Waals surface area contributed by atoms with Crippen LogP contribution in [0.1, 0.15) is 39.5 Å². The third-order valence-electron chi connectivity index (χ3n) is 3.31. The van der Waals surface area contributed by atoms with E-state index in [0.29, 0.717) is 0 Å². The largest absolute Gasteiger partial charge is 0.330 e. The molecule has 0 N–H and O–H groups in total. The van der Waals surface area contributed by atoms with Gasteiger partial charge in [-0.05, 0) is 19.8 Å². The molecule has 14 heavy (non-hydrogen) atoms. The highest BCUT2D eigenvalue weighted by Gasteiger charge is 2.39. The molecular formula is C11H18N2O. The Morgan fingerprint density at radius 2 is 2.00 bits per heavy atom. The molecule has 78 valence electrons. The zero-order chi connectivity index (χ0) is 10.8. The quantitative estimate of drug-likeness (QED) is 0.674. The Bertz CT molecular complexity index is 261. The van der Waals surface area contributed by atoms with Crippen LogP contribution in [0.15, 0.2) is 0 Å². The maximum atomic E-state index is 12.0. The van der Waals surface area contributed by atoms with Gasteiger partial charge in [0.25, 0.3) is 0 Å². The van der Waals surface area contributed by atoms with E-state index in [1.54, 1.807) is 18.9 Å². The molecule has 0 aromatic heterocycles. The molecule has 1 unspecified atom stereocenters. The Labute approximate surface area is 85.7 Å². The van der Waals surface area contributed by atoms with Gasteiger partial charge >= 0.3 is 0 Å². The first-order chi connectivity index (χ1) is 6.51. The van der Waals surface area contributed by atoms with E-state index in [-0.39, 0.29) is 17.4 Å². The number of hydrogen-bond donors (Lipinski definition) is 0. The van der Waals surface area contributed by atoms with Crippen molar-refractivity contribution < 1.29 is 4.79 Å². The van der Waals surface area contributed by atoms with Crippen molar-refractivity contribution >= 4 is 5.91 Å².